The van der Waals surface area contributed by atoms with Crippen molar-refractivity contribution < 1.29 is 4.79 Å². The molecule has 0 heterocycles. The number of hydrogen-bond donors (Lipinski definition) is 2. The molecule has 0 aromatic heterocycles. The fraction of sp³-hybridized carbons (Fsp3) is 0.188. The van der Waals surface area contributed by atoms with E-state index in [4.69, 9.17) is 11.6 Å². The van der Waals surface area contributed by atoms with E-state index in [-0.39, 0.29) is 6.03 Å². The van der Waals surface area contributed by atoms with Gasteiger partial charge in [0.15, 0.2) is 0 Å². The number of urea groups is 1. The third-order valence-electron chi connectivity index (χ3n) is 3.07. The Hall–Kier alpha value is -2.00. The van der Waals surface area contributed by atoms with E-state index in [1.165, 1.54) is 5.56 Å². The van der Waals surface area contributed by atoms with Crippen LogP contribution < -0.4 is 10.6 Å². The number of aryl methyl sites for hydroxylation is 2. The highest BCUT2D eigenvalue weighted by Gasteiger charge is 2.05. The van der Waals surface area contributed by atoms with Gasteiger partial charge in [-0.1, -0.05) is 47.5 Å². The summed E-state index contributed by atoms with van der Waals surface area (Å²) in [6.45, 7) is 4.55. The lowest BCUT2D eigenvalue weighted by molar-refractivity contribution is 0.251. The highest BCUT2D eigenvalue weighted by atomic mass is 35.5. The monoisotopic (exact) mass is 288 g/mol. The van der Waals surface area contributed by atoms with E-state index in [0.29, 0.717) is 17.3 Å². The number of rotatable bonds is 3. The van der Waals surface area contributed by atoms with Gasteiger partial charge in [-0.15, -0.1) is 0 Å². The molecule has 0 saturated heterocycles. The van der Waals surface area contributed by atoms with E-state index in [2.05, 4.69) is 28.8 Å². The smallest absolute Gasteiger partial charge is 0.319 e. The van der Waals surface area contributed by atoms with E-state index in [1.807, 2.05) is 26.0 Å². The quantitative estimate of drug-likeness (QED) is 0.869. The molecule has 4 heteroatoms. The molecule has 0 radical (unpaired) electrons. The molecule has 0 fully saturated rings. The lowest BCUT2D eigenvalue weighted by Crippen LogP contribution is -2.28. The number of amides is 2. The molecule has 104 valence electrons. The Kier molecular flexibility index (Phi) is 4.64. The minimum Gasteiger partial charge on any atom is -0.334 e. The van der Waals surface area contributed by atoms with E-state index in [0.717, 1.165) is 11.1 Å². The van der Waals surface area contributed by atoms with E-state index in [9.17, 15) is 4.79 Å². The molecular weight excluding hydrogens is 272 g/mol. The Morgan fingerprint density at radius 2 is 1.90 bits per heavy atom. The summed E-state index contributed by atoms with van der Waals surface area (Å²) >= 11 is 5.99. The summed E-state index contributed by atoms with van der Waals surface area (Å²) in [7, 11) is 0. The van der Waals surface area contributed by atoms with E-state index >= 15 is 0 Å². The first-order chi connectivity index (χ1) is 9.56. The summed E-state index contributed by atoms with van der Waals surface area (Å²) in [5.41, 5.74) is 4.06. The molecule has 0 aliphatic heterocycles. The third-order valence-corrected chi connectivity index (χ3v) is 3.40. The lowest BCUT2D eigenvalue weighted by atomic mass is 10.1. The maximum atomic E-state index is 11.9. The molecule has 0 aliphatic carbocycles. The van der Waals surface area contributed by atoms with Crippen LogP contribution in [0.5, 0.6) is 0 Å². The largest absolute Gasteiger partial charge is 0.334 e. The Balaban J connectivity index is 1.96. The third kappa shape index (κ3) is 3.75. The Bertz CT molecular complexity index is 626. The van der Waals surface area contributed by atoms with Crippen LogP contribution >= 0.6 is 11.6 Å². The molecule has 0 atom stereocenters. The number of para-hydroxylation sites is 1. The van der Waals surface area contributed by atoms with E-state index in [1.54, 1.807) is 12.1 Å². The lowest BCUT2D eigenvalue weighted by Gasteiger charge is -2.11. The fourth-order valence-corrected chi connectivity index (χ4v) is 2.08. The van der Waals surface area contributed by atoms with Gasteiger partial charge in [0, 0.05) is 6.54 Å². The van der Waals surface area contributed by atoms with Gasteiger partial charge < -0.3 is 10.6 Å². The minimum absolute atomic E-state index is 0.265. The van der Waals surface area contributed by atoms with Crippen molar-refractivity contribution in [1.82, 2.24) is 5.32 Å². The van der Waals surface area contributed by atoms with Crippen molar-refractivity contribution in [3.8, 4) is 0 Å². The fourth-order valence-electron chi connectivity index (χ4n) is 1.90. The van der Waals surface area contributed by atoms with Crippen LogP contribution in [-0.4, -0.2) is 6.03 Å². The van der Waals surface area contributed by atoms with Crippen molar-refractivity contribution in [2.45, 2.75) is 20.4 Å². The second-order valence-corrected chi connectivity index (χ2v) is 5.12. The van der Waals surface area contributed by atoms with Crippen LogP contribution in [0.3, 0.4) is 0 Å². The second-order valence-electron chi connectivity index (χ2n) is 4.72. The molecule has 2 rings (SSSR count). The van der Waals surface area contributed by atoms with Crippen LogP contribution in [0.25, 0.3) is 0 Å². The van der Waals surface area contributed by atoms with Crippen molar-refractivity contribution in [2.24, 2.45) is 0 Å². The SMILES string of the molecule is Cc1ccc(C)c(CNC(=O)Nc2ccccc2Cl)c1. The van der Waals surface area contributed by atoms with Crippen molar-refractivity contribution >= 4 is 23.3 Å². The summed E-state index contributed by atoms with van der Waals surface area (Å²) in [6, 6.07) is 13.1. The Labute approximate surface area is 124 Å². The number of benzene rings is 2. The van der Waals surface area contributed by atoms with Crippen LogP contribution in [0.15, 0.2) is 42.5 Å². The van der Waals surface area contributed by atoms with Crippen LogP contribution in [0.4, 0.5) is 10.5 Å². The zero-order valence-corrected chi connectivity index (χ0v) is 12.3. The van der Waals surface area contributed by atoms with Crippen LogP contribution in [-0.2, 0) is 6.54 Å². The van der Waals surface area contributed by atoms with Gasteiger partial charge in [0.05, 0.1) is 10.7 Å². The summed E-state index contributed by atoms with van der Waals surface area (Å²) < 4.78 is 0. The number of halogens is 1. The number of carbonyl (C=O) groups excluding carboxylic acids is 1. The molecule has 0 spiro atoms. The zero-order valence-electron chi connectivity index (χ0n) is 11.5. The second kappa shape index (κ2) is 6.44. The summed E-state index contributed by atoms with van der Waals surface area (Å²) in [6.07, 6.45) is 0. The molecule has 20 heavy (non-hydrogen) atoms. The number of hydrogen-bond acceptors (Lipinski definition) is 1. The van der Waals surface area contributed by atoms with Crippen molar-refractivity contribution in [3.63, 3.8) is 0 Å². The van der Waals surface area contributed by atoms with Gasteiger partial charge in [0.2, 0.25) is 0 Å². The molecular formula is C16H17ClN2O. The average molecular weight is 289 g/mol. The molecule has 2 N–H and O–H groups in total. The first-order valence-electron chi connectivity index (χ1n) is 6.42. The molecule has 0 aliphatic rings. The topological polar surface area (TPSA) is 41.1 Å². The standard InChI is InChI=1S/C16H17ClN2O/c1-11-7-8-12(2)13(9-11)10-18-16(20)19-15-6-4-3-5-14(15)17/h3-9H,10H2,1-2H3,(H2,18,19,20). The first kappa shape index (κ1) is 14.4. The molecule has 2 aromatic carbocycles. The Morgan fingerprint density at radius 1 is 1.15 bits per heavy atom. The van der Waals surface area contributed by atoms with Gasteiger partial charge in [0.1, 0.15) is 0 Å². The van der Waals surface area contributed by atoms with Crippen molar-refractivity contribution in [2.75, 3.05) is 5.32 Å². The molecule has 2 amide bonds. The maximum Gasteiger partial charge on any atom is 0.319 e. The first-order valence-corrected chi connectivity index (χ1v) is 6.79. The van der Waals surface area contributed by atoms with Gasteiger partial charge in [-0.3, -0.25) is 0 Å². The normalized spacial score (nSPS) is 10.2. The van der Waals surface area contributed by atoms with Gasteiger partial charge >= 0.3 is 6.03 Å². The predicted molar refractivity (Wildman–Crippen MR) is 83.2 cm³/mol. The molecule has 3 nitrogen and oxygen atoms in total. The predicted octanol–water partition coefficient (Wildman–Crippen LogP) is 4.28. The van der Waals surface area contributed by atoms with Crippen molar-refractivity contribution in [1.29, 1.82) is 0 Å². The summed E-state index contributed by atoms with van der Waals surface area (Å²) in [4.78, 5) is 11.9. The number of carbonyl (C=O) groups is 1. The highest BCUT2D eigenvalue weighted by Crippen LogP contribution is 2.20. The van der Waals surface area contributed by atoms with Crippen LogP contribution in [0, 0.1) is 13.8 Å². The Morgan fingerprint density at radius 3 is 2.65 bits per heavy atom. The van der Waals surface area contributed by atoms with Crippen LogP contribution in [0.2, 0.25) is 5.02 Å². The maximum absolute atomic E-state index is 11.9. The molecule has 0 saturated carbocycles. The highest BCUT2D eigenvalue weighted by molar-refractivity contribution is 6.33. The summed E-state index contributed by atoms with van der Waals surface area (Å²) in [5.74, 6) is 0. The van der Waals surface area contributed by atoms with Gasteiger partial charge in [-0.05, 0) is 37.1 Å². The average Bonchev–Trinajstić information content (AvgIpc) is 2.42. The molecule has 2 aromatic rings. The summed E-state index contributed by atoms with van der Waals surface area (Å²) in [5, 5.41) is 6.09. The number of nitrogens with one attached hydrogen (secondary N) is 2. The van der Waals surface area contributed by atoms with E-state index < -0.39 is 0 Å². The van der Waals surface area contributed by atoms with Crippen LogP contribution in [0.1, 0.15) is 16.7 Å². The van der Waals surface area contributed by atoms with Gasteiger partial charge in [-0.25, -0.2) is 4.79 Å². The molecule has 0 unspecified atom stereocenters. The number of anilines is 1. The zero-order chi connectivity index (χ0) is 14.5. The van der Waals surface area contributed by atoms with Crippen molar-refractivity contribution in [3.05, 3.63) is 64.2 Å². The minimum atomic E-state index is -0.265. The molecule has 0 bridgehead atoms. The van der Waals surface area contributed by atoms with Gasteiger partial charge in [0.25, 0.3) is 0 Å². The van der Waals surface area contributed by atoms with Gasteiger partial charge in [-0.2, -0.15) is 0 Å².